The molecule has 8 heteroatoms. The Morgan fingerprint density at radius 2 is 2.06 bits per heavy atom. The minimum Gasteiger partial charge on any atom is -0.496 e. The Morgan fingerprint density at radius 3 is 2.70 bits per heavy atom. The number of hydrogen-bond acceptors (Lipinski definition) is 7. The molecule has 1 aromatic rings. The number of benzene rings is 1. The van der Waals surface area contributed by atoms with Gasteiger partial charge in [-0.1, -0.05) is 11.6 Å². The Balaban J connectivity index is 1.78. The number of carbonyl (C=O) groups is 2. The van der Waals surface area contributed by atoms with Gasteiger partial charge in [0.25, 0.3) is 0 Å². The van der Waals surface area contributed by atoms with E-state index >= 15 is 0 Å². The van der Waals surface area contributed by atoms with Crippen LogP contribution in [0.15, 0.2) is 11.6 Å². The Hall–Kier alpha value is -2.58. The lowest BCUT2D eigenvalue weighted by atomic mass is 9.92. The van der Waals surface area contributed by atoms with Crippen molar-refractivity contribution in [1.82, 2.24) is 4.90 Å². The van der Waals surface area contributed by atoms with Gasteiger partial charge in [-0.15, -0.1) is 0 Å². The first-order valence-electron chi connectivity index (χ1n) is 11.7. The van der Waals surface area contributed by atoms with Crippen molar-refractivity contribution < 1.29 is 28.9 Å². The zero-order valence-corrected chi connectivity index (χ0v) is 20.2. The zero-order chi connectivity index (χ0) is 24.0. The molecule has 182 valence electrons. The molecule has 0 bridgehead atoms. The minimum atomic E-state index is -0.766. The molecule has 0 aliphatic carbocycles. The van der Waals surface area contributed by atoms with Gasteiger partial charge in [-0.2, -0.15) is 0 Å². The molecule has 8 nitrogen and oxygen atoms in total. The highest BCUT2D eigenvalue weighted by atomic mass is 16.5. The second kappa shape index (κ2) is 11.5. The summed E-state index contributed by atoms with van der Waals surface area (Å²) in [5.41, 5.74) is 5.03. The third-order valence-electron chi connectivity index (χ3n) is 6.50. The Labute approximate surface area is 195 Å². The molecule has 1 aromatic carbocycles. The van der Waals surface area contributed by atoms with Crippen LogP contribution < -0.4 is 10.1 Å². The summed E-state index contributed by atoms with van der Waals surface area (Å²) in [7, 11) is 1.63. The number of nitrogens with zero attached hydrogens (tertiary/aromatic N) is 1. The molecule has 0 aromatic heterocycles. The number of esters is 1. The maximum atomic E-state index is 12.4. The molecule has 33 heavy (non-hydrogen) atoms. The molecular formula is C25H36N2O6. The number of cyclic esters (lactones) is 1. The average molecular weight is 461 g/mol. The number of morpholine rings is 1. The fourth-order valence-corrected chi connectivity index (χ4v) is 4.65. The van der Waals surface area contributed by atoms with E-state index in [9.17, 15) is 14.7 Å². The fourth-order valence-electron chi connectivity index (χ4n) is 4.65. The Bertz CT molecular complexity index is 905. The van der Waals surface area contributed by atoms with Gasteiger partial charge in [0.15, 0.2) is 0 Å². The highest BCUT2D eigenvalue weighted by molar-refractivity contribution is 6.01. The van der Waals surface area contributed by atoms with E-state index in [2.05, 4.69) is 16.3 Å². The maximum absolute atomic E-state index is 12.4. The van der Waals surface area contributed by atoms with E-state index in [0.29, 0.717) is 44.6 Å². The van der Waals surface area contributed by atoms with Crippen molar-refractivity contribution in [1.29, 1.82) is 0 Å². The number of nitrogens with one attached hydrogen (secondary N) is 1. The molecule has 0 amide bonds. The summed E-state index contributed by atoms with van der Waals surface area (Å²) in [6, 6.07) is 0. The summed E-state index contributed by atoms with van der Waals surface area (Å²) >= 11 is 0. The van der Waals surface area contributed by atoms with Crippen molar-refractivity contribution in [3.8, 4) is 5.75 Å². The van der Waals surface area contributed by atoms with Crippen LogP contribution in [0.5, 0.6) is 5.75 Å². The lowest BCUT2D eigenvalue weighted by molar-refractivity contribution is -0.142. The van der Waals surface area contributed by atoms with Gasteiger partial charge in [-0.3, -0.25) is 9.69 Å². The van der Waals surface area contributed by atoms with E-state index in [4.69, 9.17) is 14.2 Å². The molecule has 1 saturated heterocycles. The van der Waals surface area contributed by atoms with Crippen LogP contribution in [-0.4, -0.2) is 68.4 Å². The summed E-state index contributed by atoms with van der Waals surface area (Å²) in [4.78, 5) is 26.6. The van der Waals surface area contributed by atoms with Crippen LogP contribution in [0.3, 0.4) is 0 Å². The number of ether oxygens (including phenoxy) is 3. The standard InChI is InChI=1S/C25H36N2O6/c1-5-26-22-19(23(31-4)17(3)20-15-33-25(30)21(20)22)7-6-16(2)14-18(24(28)29)8-9-27-10-12-32-13-11-27/h6,18,26H,5,7-15H2,1-4H3,(H,28,29). The van der Waals surface area contributed by atoms with Crippen LogP contribution >= 0.6 is 0 Å². The van der Waals surface area contributed by atoms with Gasteiger partial charge in [0.2, 0.25) is 0 Å². The predicted octanol–water partition coefficient (Wildman–Crippen LogP) is 3.41. The van der Waals surface area contributed by atoms with Crippen molar-refractivity contribution in [2.45, 2.75) is 46.6 Å². The summed E-state index contributed by atoms with van der Waals surface area (Å²) in [6.07, 6.45) is 3.69. The van der Waals surface area contributed by atoms with Gasteiger partial charge < -0.3 is 24.6 Å². The first-order valence-corrected chi connectivity index (χ1v) is 11.7. The average Bonchev–Trinajstić information content (AvgIpc) is 3.19. The molecular weight excluding hydrogens is 424 g/mol. The van der Waals surface area contributed by atoms with Gasteiger partial charge in [-0.05, 0) is 52.1 Å². The third-order valence-corrected chi connectivity index (χ3v) is 6.50. The van der Waals surface area contributed by atoms with Crippen molar-refractivity contribution in [2.75, 3.05) is 51.8 Å². The fraction of sp³-hybridized carbons (Fsp3) is 0.600. The van der Waals surface area contributed by atoms with Crippen molar-refractivity contribution >= 4 is 17.6 Å². The number of carboxylic acid groups (broad SMARTS) is 1. The largest absolute Gasteiger partial charge is 0.496 e. The van der Waals surface area contributed by atoms with E-state index in [0.717, 1.165) is 53.3 Å². The van der Waals surface area contributed by atoms with Crippen molar-refractivity contribution in [2.24, 2.45) is 5.92 Å². The monoisotopic (exact) mass is 460 g/mol. The summed E-state index contributed by atoms with van der Waals surface area (Å²) in [5.74, 6) is -0.772. The van der Waals surface area contributed by atoms with Crippen LogP contribution in [0.2, 0.25) is 0 Å². The number of carboxylic acids is 1. The molecule has 1 unspecified atom stereocenters. The molecule has 0 radical (unpaired) electrons. The lowest BCUT2D eigenvalue weighted by Gasteiger charge is -2.27. The van der Waals surface area contributed by atoms with Gasteiger partial charge in [0, 0.05) is 30.8 Å². The topological polar surface area (TPSA) is 97.3 Å². The van der Waals surface area contributed by atoms with Gasteiger partial charge in [-0.25, -0.2) is 4.79 Å². The molecule has 2 heterocycles. The van der Waals surface area contributed by atoms with Crippen LogP contribution in [0.25, 0.3) is 0 Å². The molecule has 1 atom stereocenters. The van der Waals surface area contributed by atoms with E-state index in [1.165, 1.54) is 0 Å². The predicted molar refractivity (Wildman–Crippen MR) is 126 cm³/mol. The summed E-state index contributed by atoms with van der Waals surface area (Å²) in [5, 5.41) is 13.1. The van der Waals surface area contributed by atoms with Crippen LogP contribution in [0.4, 0.5) is 5.69 Å². The number of allylic oxidation sites excluding steroid dienone is 2. The Kier molecular flexibility index (Phi) is 8.74. The summed E-state index contributed by atoms with van der Waals surface area (Å²) in [6.45, 7) is 10.7. The number of carbonyl (C=O) groups excluding carboxylic acids is 1. The molecule has 2 aliphatic rings. The summed E-state index contributed by atoms with van der Waals surface area (Å²) < 4.78 is 16.4. The molecule has 2 aliphatic heterocycles. The number of methoxy groups -OCH3 is 1. The first kappa shape index (κ1) is 25.1. The third kappa shape index (κ3) is 5.86. The van der Waals surface area contributed by atoms with E-state index in [1.54, 1.807) is 7.11 Å². The van der Waals surface area contributed by atoms with Crippen molar-refractivity contribution in [3.05, 3.63) is 33.9 Å². The minimum absolute atomic E-state index is 0.257. The lowest BCUT2D eigenvalue weighted by Crippen LogP contribution is -2.38. The van der Waals surface area contributed by atoms with E-state index < -0.39 is 11.9 Å². The number of fused-ring (bicyclic) bond motifs is 1. The number of hydrogen-bond donors (Lipinski definition) is 2. The van der Waals surface area contributed by atoms with Gasteiger partial charge in [0.1, 0.15) is 12.4 Å². The molecule has 2 N–H and O–H groups in total. The van der Waals surface area contributed by atoms with Crippen LogP contribution in [0.1, 0.15) is 53.7 Å². The second-order valence-corrected chi connectivity index (χ2v) is 8.71. The first-order chi connectivity index (χ1) is 15.9. The zero-order valence-electron chi connectivity index (χ0n) is 20.2. The highest BCUT2D eigenvalue weighted by Gasteiger charge is 2.31. The quantitative estimate of drug-likeness (QED) is 0.383. The molecule has 3 rings (SSSR count). The number of aliphatic carboxylic acids is 1. The molecule has 1 fully saturated rings. The van der Waals surface area contributed by atoms with Gasteiger partial charge in [0.05, 0.1) is 37.5 Å². The van der Waals surface area contributed by atoms with E-state index in [-0.39, 0.29) is 12.6 Å². The maximum Gasteiger partial charge on any atom is 0.341 e. The normalized spacial score (nSPS) is 17.5. The Morgan fingerprint density at radius 1 is 1.33 bits per heavy atom. The van der Waals surface area contributed by atoms with Crippen molar-refractivity contribution in [3.63, 3.8) is 0 Å². The van der Waals surface area contributed by atoms with E-state index in [1.807, 2.05) is 20.8 Å². The highest BCUT2D eigenvalue weighted by Crippen LogP contribution is 2.41. The SMILES string of the molecule is CCNc1c(CC=C(C)CC(CCN2CCOCC2)C(=O)O)c(OC)c(C)c2c1C(=O)OC2. The van der Waals surface area contributed by atoms with Crippen LogP contribution in [-0.2, 0) is 27.3 Å². The number of anilines is 1. The number of rotatable bonds is 11. The second-order valence-electron chi connectivity index (χ2n) is 8.71. The smallest absolute Gasteiger partial charge is 0.341 e. The van der Waals surface area contributed by atoms with Gasteiger partial charge >= 0.3 is 11.9 Å². The molecule has 0 saturated carbocycles. The molecule has 0 spiro atoms. The van der Waals surface area contributed by atoms with Crippen LogP contribution in [0, 0.1) is 12.8 Å².